The lowest BCUT2D eigenvalue weighted by atomic mass is 10.1. The molecule has 1 heterocycles. The van der Waals surface area contributed by atoms with Crippen LogP contribution in [-0.4, -0.2) is 17.6 Å². The molecule has 0 bridgehead atoms. The van der Waals surface area contributed by atoms with Crippen molar-refractivity contribution >= 4 is 17.0 Å². The van der Waals surface area contributed by atoms with Gasteiger partial charge in [0.25, 0.3) is 0 Å². The molecule has 0 unspecified atom stereocenters. The van der Waals surface area contributed by atoms with Gasteiger partial charge in [-0.15, -0.1) is 0 Å². The molecule has 1 aromatic heterocycles. The largest absolute Gasteiger partial charge is 0.412 e. The highest BCUT2D eigenvalue weighted by molar-refractivity contribution is 5.87. The van der Waals surface area contributed by atoms with E-state index in [0.717, 1.165) is 17.3 Å². The average Bonchev–Trinajstić information content (AvgIpc) is 2.98. The third-order valence-electron chi connectivity index (χ3n) is 3.28. The van der Waals surface area contributed by atoms with Crippen LogP contribution < -0.4 is 10.1 Å². The van der Waals surface area contributed by atoms with Gasteiger partial charge < -0.3 is 15.0 Å². The van der Waals surface area contributed by atoms with E-state index in [-0.39, 0.29) is 0 Å². The van der Waals surface area contributed by atoms with Crippen molar-refractivity contribution in [1.29, 1.82) is 0 Å². The molecule has 2 aromatic carbocycles. The molecule has 0 atom stereocenters. The van der Waals surface area contributed by atoms with Crippen molar-refractivity contribution in [3.8, 4) is 5.75 Å². The average molecular weight is 280 g/mol. The van der Waals surface area contributed by atoms with Gasteiger partial charge in [-0.3, -0.25) is 0 Å². The van der Waals surface area contributed by atoms with Crippen LogP contribution in [0.25, 0.3) is 10.9 Å². The molecular weight excluding hydrogens is 264 g/mol. The second-order valence-corrected chi connectivity index (χ2v) is 4.75. The van der Waals surface area contributed by atoms with Gasteiger partial charge in [0.15, 0.2) is 5.75 Å². The van der Waals surface area contributed by atoms with Gasteiger partial charge in [0, 0.05) is 18.1 Å². The highest BCUT2D eigenvalue weighted by atomic mass is 16.6. The van der Waals surface area contributed by atoms with Gasteiger partial charge in [-0.05, 0) is 24.1 Å². The Kier molecular flexibility index (Phi) is 3.87. The van der Waals surface area contributed by atoms with Crippen molar-refractivity contribution in [2.75, 3.05) is 6.54 Å². The number of carbonyl (C=O) groups excluding carboxylic acids is 1. The second kappa shape index (κ2) is 6.13. The van der Waals surface area contributed by atoms with Crippen LogP contribution in [0.5, 0.6) is 5.75 Å². The molecule has 3 rings (SSSR count). The zero-order valence-electron chi connectivity index (χ0n) is 11.5. The Morgan fingerprint density at radius 1 is 1.05 bits per heavy atom. The lowest BCUT2D eigenvalue weighted by molar-refractivity contribution is 0.201. The van der Waals surface area contributed by atoms with Gasteiger partial charge in [-0.1, -0.05) is 42.5 Å². The molecule has 106 valence electrons. The summed E-state index contributed by atoms with van der Waals surface area (Å²) in [6.45, 7) is 0.545. The Bertz CT molecular complexity index is 735. The quantitative estimate of drug-likeness (QED) is 0.768. The number of ether oxygens (including phenoxy) is 1. The molecule has 0 aliphatic carbocycles. The van der Waals surface area contributed by atoms with Crippen molar-refractivity contribution in [2.24, 2.45) is 0 Å². The Balaban J connectivity index is 1.56. The highest BCUT2D eigenvalue weighted by Gasteiger charge is 2.08. The number of aromatic amines is 1. The van der Waals surface area contributed by atoms with Crippen molar-refractivity contribution in [3.63, 3.8) is 0 Å². The number of hydrogen-bond acceptors (Lipinski definition) is 2. The number of benzene rings is 2. The summed E-state index contributed by atoms with van der Waals surface area (Å²) in [6.07, 6.45) is 2.17. The molecule has 1 amide bonds. The Morgan fingerprint density at radius 3 is 2.76 bits per heavy atom. The number of amides is 1. The third kappa shape index (κ3) is 3.23. The molecule has 0 aliphatic heterocycles. The van der Waals surface area contributed by atoms with Crippen LogP contribution in [0.3, 0.4) is 0 Å². The molecular formula is C17H16N2O2. The lowest BCUT2D eigenvalue weighted by Crippen LogP contribution is -2.28. The third-order valence-corrected chi connectivity index (χ3v) is 3.28. The summed E-state index contributed by atoms with van der Waals surface area (Å²) in [6, 6.07) is 17.6. The molecule has 4 nitrogen and oxygen atoms in total. The number of para-hydroxylation sites is 1. The lowest BCUT2D eigenvalue weighted by Gasteiger charge is -2.07. The summed E-state index contributed by atoms with van der Waals surface area (Å²) in [5, 5.41) is 3.78. The van der Waals surface area contributed by atoms with E-state index in [1.807, 2.05) is 54.7 Å². The summed E-state index contributed by atoms with van der Waals surface area (Å²) < 4.78 is 5.34. The number of fused-ring (bicyclic) bond motifs is 1. The molecule has 0 aliphatic rings. The number of H-pyrrole nitrogens is 1. The van der Waals surface area contributed by atoms with E-state index in [1.54, 1.807) is 6.07 Å². The van der Waals surface area contributed by atoms with Gasteiger partial charge >= 0.3 is 6.09 Å². The van der Waals surface area contributed by atoms with Crippen molar-refractivity contribution in [2.45, 2.75) is 6.42 Å². The van der Waals surface area contributed by atoms with Gasteiger partial charge in [0.2, 0.25) is 0 Å². The van der Waals surface area contributed by atoms with Gasteiger partial charge in [-0.25, -0.2) is 4.79 Å². The first kappa shape index (κ1) is 13.2. The zero-order chi connectivity index (χ0) is 14.5. The van der Waals surface area contributed by atoms with E-state index in [1.165, 1.54) is 5.56 Å². The van der Waals surface area contributed by atoms with Crippen LogP contribution in [0.2, 0.25) is 0 Å². The summed E-state index contributed by atoms with van der Waals surface area (Å²) in [4.78, 5) is 14.9. The van der Waals surface area contributed by atoms with Crippen molar-refractivity contribution in [1.82, 2.24) is 10.3 Å². The van der Waals surface area contributed by atoms with E-state index in [9.17, 15) is 4.79 Å². The topological polar surface area (TPSA) is 54.1 Å². The molecule has 21 heavy (non-hydrogen) atoms. The molecule has 0 radical (unpaired) electrons. The van der Waals surface area contributed by atoms with E-state index in [2.05, 4.69) is 10.3 Å². The fraction of sp³-hybridized carbons (Fsp3) is 0.118. The maximum absolute atomic E-state index is 11.8. The van der Waals surface area contributed by atoms with Crippen LogP contribution in [0.4, 0.5) is 4.79 Å². The highest BCUT2D eigenvalue weighted by Crippen LogP contribution is 2.23. The molecule has 0 spiro atoms. The first-order valence-corrected chi connectivity index (χ1v) is 6.88. The number of carbonyl (C=O) groups is 1. The Labute approximate surface area is 122 Å². The standard InChI is InChI=1S/C17H16N2O2/c20-17(19-11-9-13-5-2-1-3-6-13)21-15-8-4-7-14-10-12-18-16(14)15/h1-8,10,12,18H,9,11H2,(H,19,20). The normalized spacial score (nSPS) is 10.5. The number of nitrogens with one attached hydrogen (secondary N) is 2. The minimum Gasteiger partial charge on any atom is -0.408 e. The van der Waals surface area contributed by atoms with E-state index < -0.39 is 6.09 Å². The first-order valence-electron chi connectivity index (χ1n) is 6.88. The fourth-order valence-corrected chi connectivity index (χ4v) is 2.23. The predicted molar refractivity (Wildman–Crippen MR) is 82.5 cm³/mol. The maximum atomic E-state index is 11.8. The molecule has 0 saturated carbocycles. The molecule has 2 N–H and O–H groups in total. The monoisotopic (exact) mass is 280 g/mol. The summed E-state index contributed by atoms with van der Waals surface area (Å²) >= 11 is 0. The summed E-state index contributed by atoms with van der Waals surface area (Å²) in [7, 11) is 0. The van der Waals surface area contributed by atoms with Crippen LogP contribution in [0.15, 0.2) is 60.8 Å². The smallest absolute Gasteiger partial charge is 0.408 e. The van der Waals surface area contributed by atoms with Crippen LogP contribution in [-0.2, 0) is 6.42 Å². The summed E-state index contributed by atoms with van der Waals surface area (Å²) in [5.41, 5.74) is 2.01. The Morgan fingerprint density at radius 2 is 1.90 bits per heavy atom. The van der Waals surface area contributed by atoms with Crippen LogP contribution >= 0.6 is 0 Å². The number of hydrogen-bond donors (Lipinski definition) is 2. The van der Waals surface area contributed by atoms with E-state index in [0.29, 0.717) is 12.3 Å². The minimum atomic E-state index is -0.437. The van der Waals surface area contributed by atoms with Gasteiger partial charge in [0.05, 0.1) is 5.52 Å². The van der Waals surface area contributed by atoms with E-state index >= 15 is 0 Å². The molecule has 4 heteroatoms. The molecule has 0 fully saturated rings. The minimum absolute atomic E-state index is 0.437. The number of aromatic nitrogens is 1. The number of rotatable bonds is 4. The van der Waals surface area contributed by atoms with E-state index in [4.69, 9.17) is 4.74 Å². The van der Waals surface area contributed by atoms with Crippen LogP contribution in [0, 0.1) is 0 Å². The maximum Gasteiger partial charge on any atom is 0.412 e. The summed E-state index contributed by atoms with van der Waals surface area (Å²) in [5.74, 6) is 0.537. The first-order chi connectivity index (χ1) is 10.3. The predicted octanol–water partition coefficient (Wildman–Crippen LogP) is 3.50. The fourth-order valence-electron chi connectivity index (χ4n) is 2.23. The van der Waals surface area contributed by atoms with Crippen LogP contribution in [0.1, 0.15) is 5.56 Å². The SMILES string of the molecule is O=C(NCCc1ccccc1)Oc1cccc2cc[nH]c12. The Hall–Kier alpha value is -2.75. The second-order valence-electron chi connectivity index (χ2n) is 4.75. The van der Waals surface area contributed by atoms with Crippen molar-refractivity contribution < 1.29 is 9.53 Å². The zero-order valence-corrected chi connectivity index (χ0v) is 11.5. The van der Waals surface area contributed by atoms with Gasteiger partial charge in [-0.2, -0.15) is 0 Å². The molecule has 0 saturated heterocycles. The molecule has 3 aromatic rings. The van der Waals surface area contributed by atoms with Crippen molar-refractivity contribution in [3.05, 3.63) is 66.4 Å². The van der Waals surface area contributed by atoms with Gasteiger partial charge in [0.1, 0.15) is 0 Å².